The molecule has 0 aromatic heterocycles. The molecule has 4 heteroatoms. The van der Waals surface area contributed by atoms with E-state index >= 15 is 0 Å². The van der Waals surface area contributed by atoms with Crippen LogP contribution in [-0.4, -0.2) is 24.5 Å². The minimum absolute atomic E-state index is 0.00479. The van der Waals surface area contributed by atoms with Crippen LogP contribution in [0.15, 0.2) is 24.3 Å². The van der Waals surface area contributed by atoms with Crippen LogP contribution in [0.2, 0.25) is 0 Å². The number of carbonyl (C=O) groups excluding carboxylic acids is 3. The van der Waals surface area contributed by atoms with Crippen LogP contribution in [0.3, 0.4) is 0 Å². The fraction of sp³-hybridized carbons (Fsp3) is 0.400. The molecule has 0 bridgehead atoms. The summed E-state index contributed by atoms with van der Waals surface area (Å²) in [7, 11) is 1.56. The van der Waals surface area contributed by atoms with Gasteiger partial charge in [0.15, 0.2) is 5.78 Å². The van der Waals surface area contributed by atoms with E-state index in [1.165, 1.54) is 6.92 Å². The van der Waals surface area contributed by atoms with Gasteiger partial charge >= 0.3 is 0 Å². The quantitative estimate of drug-likeness (QED) is 0.676. The Morgan fingerprint density at radius 3 is 2.05 bits per heavy atom. The lowest BCUT2D eigenvalue weighted by Crippen LogP contribution is -2.06. The van der Waals surface area contributed by atoms with Gasteiger partial charge in [-0.2, -0.15) is 0 Å². The fourth-order valence-electron chi connectivity index (χ4n) is 1.61. The molecule has 0 aliphatic carbocycles. The molecule has 0 amide bonds. The minimum Gasteiger partial charge on any atom is -0.497 e. The van der Waals surface area contributed by atoms with Crippen molar-refractivity contribution in [3.05, 3.63) is 29.8 Å². The second-order valence-corrected chi connectivity index (χ2v) is 4.39. The SMILES string of the molecule is COc1ccc(C(=O)CCC(=O)CCC(C)=O)cc1. The molecule has 1 rings (SSSR count). The van der Waals surface area contributed by atoms with E-state index in [2.05, 4.69) is 0 Å². The van der Waals surface area contributed by atoms with Gasteiger partial charge in [0.05, 0.1) is 7.11 Å². The maximum atomic E-state index is 11.8. The van der Waals surface area contributed by atoms with Gasteiger partial charge in [-0.1, -0.05) is 0 Å². The second kappa shape index (κ2) is 7.46. The average Bonchev–Trinajstić information content (AvgIpc) is 2.42. The number of hydrogen-bond acceptors (Lipinski definition) is 4. The van der Waals surface area contributed by atoms with E-state index in [0.717, 1.165) is 0 Å². The van der Waals surface area contributed by atoms with Crippen molar-refractivity contribution in [2.75, 3.05) is 7.11 Å². The average molecular weight is 262 g/mol. The van der Waals surface area contributed by atoms with Crippen LogP contribution in [-0.2, 0) is 9.59 Å². The number of benzene rings is 1. The first-order valence-electron chi connectivity index (χ1n) is 6.21. The van der Waals surface area contributed by atoms with Crippen molar-refractivity contribution < 1.29 is 19.1 Å². The zero-order valence-corrected chi connectivity index (χ0v) is 11.3. The normalized spacial score (nSPS) is 10.0. The largest absolute Gasteiger partial charge is 0.497 e. The summed E-state index contributed by atoms with van der Waals surface area (Å²) in [4.78, 5) is 34.0. The van der Waals surface area contributed by atoms with E-state index in [9.17, 15) is 14.4 Å². The number of hydrogen-bond donors (Lipinski definition) is 0. The third-order valence-electron chi connectivity index (χ3n) is 2.80. The molecule has 19 heavy (non-hydrogen) atoms. The third-order valence-corrected chi connectivity index (χ3v) is 2.80. The Bertz CT molecular complexity index is 460. The van der Waals surface area contributed by atoms with E-state index < -0.39 is 0 Å². The standard InChI is InChI=1S/C15H18O4/c1-11(16)3-6-13(17)7-10-15(18)12-4-8-14(19-2)9-5-12/h4-5,8-9H,3,6-7,10H2,1-2H3. The molecule has 102 valence electrons. The molecular formula is C15H18O4. The van der Waals surface area contributed by atoms with Crippen LogP contribution in [0.4, 0.5) is 0 Å². The minimum atomic E-state index is -0.0705. The summed E-state index contributed by atoms with van der Waals surface area (Å²) in [6.07, 6.45) is 0.863. The highest BCUT2D eigenvalue weighted by atomic mass is 16.5. The van der Waals surface area contributed by atoms with Gasteiger partial charge in [-0.15, -0.1) is 0 Å². The topological polar surface area (TPSA) is 60.4 Å². The molecular weight excluding hydrogens is 244 g/mol. The summed E-state index contributed by atoms with van der Waals surface area (Å²) in [5.41, 5.74) is 0.570. The van der Waals surface area contributed by atoms with Crippen LogP contribution in [0.5, 0.6) is 5.75 Å². The maximum absolute atomic E-state index is 11.8. The van der Waals surface area contributed by atoms with Crippen LogP contribution in [0.25, 0.3) is 0 Å². The molecule has 0 heterocycles. The fourth-order valence-corrected chi connectivity index (χ4v) is 1.61. The Kier molecular flexibility index (Phi) is 5.93. The van der Waals surface area contributed by atoms with Crippen molar-refractivity contribution in [3.63, 3.8) is 0 Å². The van der Waals surface area contributed by atoms with Crippen LogP contribution in [0, 0.1) is 0 Å². The number of methoxy groups -OCH3 is 1. The Balaban J connectivity index is 2.42. The maximum Gasteiger partial charge on any atom is 0.163 e. The van der Waals surface area contributed by atoms with E-state index in [4.69, 9.17) is 4.74 Å². The van der Waals surface area contributed by atoms with Gasteiger partial charge in [-0.25, -0.2) is 0 Å². The molecule has 0 unspecified atom stereocenters. The molecule has 0 saturated carbocycles. The number of Topliss-reactive ketones (excluding diaryl/α,β-unsaturated/α-hetero) is 3. The van der Waals surface area contributed by atoms with Gasteiger partial charge in [-0.3, -0.25) is 9.59 Å². The number of carbonyl (C=O) groups is 3. The van der Waals surface area contributed by atoms with Gasteiger partial charge in [0.25, 0.3) is 0 Å². The first-order valence-corrected chi connectivity index (χ1v) is 6.21. The molecule has 0 aliphatic rings. The predicted molar refractivity (Wildman–Crippen MR) is 71.5 cm³/mol. The summed E-state index contributed by atoms with van der Waals surface area (Å²) in [5, 5.41) is 0. The van der Waals surface area contributed by atoms with Crippen LogP contribution in [0.1, 0.15) is 43.0 Å². The van der Waals surface area contributed by atoms with Gasteiger partial charge < -0.3 is 9.53 Å². The van der Waals surface area contributed by atoms with Gasteiger partial charge in [-0.05, 0) is 31.2 Å². The second-order valence-electron chi connectivity index (χ2n) is 4.39. The van der Waals surface area contributed by atoms with Gasteiger partial charge in [0.1, 0.15) is 17.3 Å². The highest BCUT2D eigenvalue weighted by Crippen LogP contribution is 2.13. The zero-order valence-electron chi connectivity index (χ0n) is 11.3. The van der Waals surface area contributed by atoms with E-state index in [0.29, 0.717) is 11.3 Å². The smallest absolute Gasteiger partial charge is 0.163 e. The monoisotopic (exact) mass is 262 g/mol. The summed E-state index contributed by atoms with van der Waals surface area (Å²) in [6, 6.07) is 6.79. The number of rotatable bonds is 8. The summed E-state index contributed by atoms with van der Waals surface area (Å²) >= 11 is 0. The zero-order chi connectivity index (χ0) is 14.3. The molecule has 0 radical (unpaired) electrons. The highest BCUT2D eigenvalue weighted by Gasteiger charge is 2.10. The lowest BCUT2D eigenvalue weighted by Gasteiger charge is -2.03. The Hall–Kier alpha value is -1.97. The third kappa shape index (κ3) is 5.46. The molecule has 1 aromatic carbocycles. The summed E-state index contributed by atoms with van der Waals surface area (Å²) < 4.78 is 5.00. The first-order chi connectivity index (χ1) is 9.02. The summed E-state index contributed by atoms with van der Waals surface area (Å²) in [5.74, 6) is 0.569. The van der Waals surface area contributed by atoms with E-state index in [1.807, 2.05) is 0 Å². The molecule has 0 spiro atoms. The lowest BCUT2D eigenvalue weighted by molar-refractivity contribution is -0.123. The Labute approximate surface area is 112 Å². The number of ketones is 3. The van der Waals surface area contributed by atoms with Crippen molar-refractivity contribution >= 4 is 17.3 Å². The predicted octanol–water partition coefficient (Wildman–Crippen LogP) is 2.60. The van der Waals surface area contributed by atoms with Crippen molar-refractivity contribution in [2.24, 2.45) is 0 Å². The van der Waals surface area contributed by atoms with Crippen molar-refractivity contribution in [1.29, 1.82) is 0 Å². The Morgan fingerprint density at radius 1 is 0.947 bits per heavy atom. The van der Waals surface area contributed by atoms with Crippen molar-refractivity contribution in [1.82, 2.24) is 0 Å². The van der Waals surface area contributed by atoms with Crippen molar-refractivity contribution in [3.8, 4) is 5.75 Å². The number of ether oxygens (including phenoxy) is 1. The van der Waals surface area contributed by atoms with Gasteiger partial charge in [0, 0.05) is 31.2 Å². The molecule has 4 nitrogen and oxygen atoms in total. The van der Waals surface area contributed by atoms with E-state index in [-0.39, 0.29) is 43.0 Å². The van der Waals surface area contributed by atoms with Crippen LogP contribution >= 0.6 is 0 Å². The van der Waals surface area contributed by atoms with E-state index in [1.54, 1.807) is 31.4 Å². The summed E-state index contributed by atoms with van der Waals surface area (Å²) in [6.45, 7) is 1.45. The lowest BCUT2D eigenvalue weighted by atomic mass is 10.0. The van der Waals surface area contributed by atoms with Crippen molar-refractivity contribution in [2.45, 2.75) is 32.6 Å². The molecule has 0 N–H and O–H groups in total. The first kappa shape index (κ1) is 15.1. The molecule has 1 aromatic rings. The molecule has 0 aliphatic heterocycles. The molecule has 0 saturated heterocycles. The van der Waals surface area contributed by atoms with Crippen LogP contribution < -0.4 is 4.74 Å². The Morgan fingerprint density at radius 2 is 1.53 bits per heavy atom. The highest BCUT2D eigenvalue weighted by molar-refractivity contribution is 5.98. The molecule has 0 fully saturated rings. The molecule has 0 atom stereocenters. The van der Waals surface area contributed by atoms with Gasteiger partial charge in [0.2, 0.25) is 0 Å².